The summed E-state index contributed by atoms with van der Waals surface area (Å²) in [5.74, 6) is -0.829. The van der Waals surface area contributed by atoms with E-state index >= 15 is 0 Å². The Morgan fingerprint density at radius 2 is 2.08 bits per heavy atom. The van der Waals surface area contributed by atoms with Gasteiger partial charge in [0.05, 0.1) is 25.8 Å². The number of nitrogens with zero attached hydrogens (tertiary/aromatic N) is 4. The second-order valence-corrected chi connectivity index (χ2v) is 5.91. The first kappa shape index (κ1) is 16.7. The molecule has 0 atom stereocenters. The fourth-order valence-electron chi connectivity index (χ4n) is 2.45. The minimum absolute atomic E-state index is 0.0162. The van der Waals surface area contributed by atoms with Gasteiger partial charge in [-0.2, -0.15) is 0 Å². The molecule has 2 aromatic rings. The van der Waals surface area contributed by atoms with E-state index in [2.05, 4.69) is 25.3 Å². The molecule has 3 N–H and O–H groups in total. The van der Waals surface area contributed by atoms with Gasteiger partial charge in [0.2, 0.25) is 0 Å². The van der Waals surface area contributed by atoms with Gasteiger partial charge in [-0.15, -0.1) is 0 Å². The number of nitrogens with one attached hydrogen (secondary N) is 2. The molecule has 3 rings (SSSR count). The third-order valence-electron chi connectivity index (χ3n) is 3.76. The summed E-state index contributed by atoms with van der Waals surface area (Å²) in [6.45, 7) is 1.83. The zero-order valence-electron chi connectivity index (χ0n) is 13.4. The lowest BCUT2D eigenvalue weighted by atomic mass is 9.93. The van der Waals surface area contributed by atoms with Crippen LogP contribution in [0.3, 0.4) is 0 Å². The fraction of sp³-hybridized carbons (Fsp3) is 0.333. The van der Waals surface area contributed by atoms with Crippen molar-refractivity contribution in [2.45, 2.75) is 12.5 Å². The Morgan fingerprint density at radius 3 is 2.72 bits per heavy atom. The number of aromatic nitrogens is 4. The van der Waals surface area contributed by atoms with Crippen molar-refractivity contribution < 1.29 is 14.7 Å². The number of carbonyl (C=O) groups is 2. The molecule has 0 radical (unpaired) electrons. The summed E-state index contributed by atoms with van der Waals surface area (Å²) in [5.41, 5.74) is -0.662. The SMILES string of the molecule is Cc1cc(C(=O)NCC2(O)CN(C(=O)c3c[nH]c(=O)cn3)C2)ncn1. The van der Waals surface area contributed by atoms with Gasteiger partial charge in [-0.3, -0.25) is 14.4 Å². The molecule has 0 bridgehead atoms. The van der Waals surface area contributed by atoms with Crippen molar-refractivity contribution in [1.29, 1.82) is 0 Å². The van der Waals surface area contributed by atoms with Gasteiger partial charge in [0, 0.05) is 11.9 Å². The second-order valence-electron chi connectivity index (χ2n) is 5.91. The highest BCUT2D eigenvalue weighted by Gasteiger charge is 2.44. The fourth-order valence-corrected chi connectivity index (χ4v) is 2.45. The van der Waals surface area contributed by atoms with Crippen LogP contribution in [0, 0.1) is 6.92 Å². The van der Waals surface area contributed by atoms with Gasteiger partial charge >= 0.3 is 0 Å². The zero-order valence-corrected chi connectivity index (χ0v) is 13.4. The van der Waals surface area contributed by atoms with Gasteiger partial charge in [-0.05, 0) is 13.0 Å². The number of aryl methyl sites for hydroxylation is 1. The molecular weight excluding hydrogens is 328 g/mol. The van der Waals surface area contributed by atoms with Crippen LogP contribution < -0.4 is 10.9 Å². The Labute approximate surface area is 142 Å². The van der Waals surface area contributed by atoms with Crippen LogP contribution in [-0.2, 0) is 0 Å². The van der Waals surface area contributed by atoms with E-state index in [0.29, 0.717) is 5.69 Å². The van der Waals surface area contributed by atoms with E-state index in [1.165, 1.54) is 23.5 Å². The third-order valence-corrected chi connectivity index (χ3v) is 3.76. The molecule has 1 aliphatic heterocycles. The molecule has 1 saturated heterocycles. The van der Waals surface area contributed by atoms with Crippen molar-refractivity contribution in [3.8, 4) is 0 Å². The summed E-state index contributed by atoms with van der Waals surface area (Å²) in [5, 5.41) is 12.9. The molecule has 2 aromatic heterocycles. The van der Waals surface area contributed by atoms with E-state index in [0.717, 1.165) is 6.20 Å². The summed E-state index contributed by atoms with van der Waals surface area (Å²) in [6.07, 6.45) is 3.53. The molecule has 0 aromatic carbocycles. The van der Waals surface area contributed by atoms with Crippen LogP contribution in [0.15, 0.2) is 29.6 Å². The van der Waals surface area contributed by atoms with Crippen molar-refractivity contribution in [2.75, 3.05) is 19.6 Å². The quantitative estimate of drug-likeness (QED) is 0.612. The predicted octanol–water partition coefficient (Wildman–Crippen LogP) is -1.51. The smallest absolute Gasteiger partial charge is 0.274 e. The molecule has 1 aliphatic rings. The highest BCUT2D eigenvalue weighted by molar-refractivity contribution is 5.93. The second kappa shape index (κ2) is 6.40. The van der Waals surface area contributed by atoms with Crippen LogP contribution in [0.5, 0.6) is 0 Å². The first-order valence-corrected chi connectivity index (χ1v) is 7.50. The number of aliphatic hydroxyl groups is 1. The number of likely N-dealkylation sites (tertiary alicyclic amines) is 1. The van der Waals surface area contributed by atoms with Crippen LogP contribution in [0.25, 0.3) is 0 Å². The van der Waals surface area contributed by atoms with E-state index in [9.17, 15) is 19.5 Å². The lowest BCUT2D eigenvalue weighted by Crippen LogP contribution is -2.67. The van der Waals surface area contributed by atoms with E-state index < -0.39 is 23.0 Å². The highest BCUT2D eigenvalue weighted by atomic mass is 16.3. The number of rotatable bonds is 4. The average molecular weight is 344 g/mol. The van der Waals surface area contributed by atoms with Gasteiger partial charge in [0.25, 0.3) is 17.4 Å². The molecule has 2 amide bonds. The van der Waals surface area contributed by atoms with E-state index in [1.54, 1.807) is 6.92 Å². The van der Waals surface area contributed by atoms with Crippen molar-refractivity contribution >= 4 is 11.8 Å². The Kier molecular flexibility index (Phi) is 4.28. The minimum Gasteiger partial charge on any atom is -0.384 e. The Balaban J connectivity index is 1.54. The maximum Gasteiger partial charge on any atom is 0.274 e. The highest BCUT2D eigenvalue weighted by Crippen LogP contribution is 2.21. The summed E-state index contributed by atoms with van der Waals surface area (Å²) in [7, 11) is 0. The van der Waals surface area contributed by atoms with E-state index in [-0.39, 0.29) is 31.0 Å². The van der Waals surface area contributed by atoms with Gasteiger partial charge in [0.1, 0.15) is 23.3 Å². The molecule has 10 heteroatoms. The summed E-state index contributed by atoms with van der Waals surface area (Å²) >= 11 is 0. The Hall–Kier alpha value is -3.14. The lowest BCUT2D eigenvalue weighted by molar-refractivity contribution is -0.0774. The van der Waals surface area contributed by atoms with Crippen molar-refractivity contribution in [1.82, 2.24) is 30.2 Å². The van der Waals surface area contributed by atoms with Crippen LogP contribution in [0.4, 0.5) is 0 Å². The first-order chi connectivity index (χ1) is 11.9. The summed E-state index contributed by atoms with van der Waals surface area (Å²) in [4.78, 5) is 50.4. The van der Waals surface area contributed by atoms with Crippen LogP contribution in [0.1, 0.15) is 26.7 Å². The van der Waals surface area contributed by atoms with Crippen LogP contribution >= 0.6 is 0 Å². The monoisotopic (exact) mass is 344 g/mol. The molecule has 0 aliphatic carbocycles. The molecule has 1 fully saturated rings. The zero-order chi connectivity index (χ0) is 18.0. The largest absolute Gasteiger partial charge is 0.384 e. The Morgan fingerprint density at radius 1 is 1.32 bits per heavy atom. The van der Waals surface area contributed by atoms with Crippen LogP contribution in [-0.4, -0.2) is 67.0 Å². The normalized spacial score (nSPS) is 15.4. The Bertz CT molecular complexity index is 854. The van der Waals surface area contributed by atoms with E-state index in [4.69, 9.17) is 0 Å². The van der Waals surface area contributed by atoms with Crippen molar-refractivity contribution in [3.05, 3.63) is 52.2 Å². The molecule has 130 valence electrons. The summed E-state index contributed by atoms with van der Waals surface area (Å²) < 4.78 is 0. The standard InChI is InChI=1S/C15H16N6O4/c1-9-2-10(20-8-19-9)13(23)18-5-15(25)6-21(7-15)14(24)11-3-17-12(22)4-16-11/h2-4,8,25H,5-7H2,1H3,(H,17,22)(H,18,23). The van der Waals surface area contributed by atoms with Gasteiger partial charge in [0.15, 0.2) is 0 Å². The van der Waals surface area contributed by atoms with Gasteiger partial charge < -0.3 is 20.3 Å². The number of amides is 2. The number of hydrogen-bond donors (Lipinski definition) is 3. The molecule has 0 unspecified atom stereocenters. The molecule has 0 saturated carbocycles. The molecule has 25 heavy (non-hydrogen) atoms. The molecule has 10 nitrogen and oxygen atoms in total. The summed E-state index contributed by atoms with van der Waals surface area (Å²) in [6, 6.07) is 1.54. The van der Waals surface area contributed by atoms with Crippen molar-refractivity contribution in [2.24, 2.45) is 0 Å². The molecule has 3 heterocycles. The maximum atomic E-state index is 12.1. The number of carbonyl (C=O) groups excluding carboxylic acids is 2. The van der Waals surface area contributed by atoms with E-state index in [1.807, 2.05) is 0 Å². The number of hydrogen-bond acceptors (Lipinski definition) is 7. The topological polar surface area (TPSA) is 141 Å². The number of H-pyrrole nitrogens is 1. The number of aromatic amines is 1. The lowest BCUT2D eigenvalue weighted by Gasteiger charge is -2.46. The maximum absolute atomic E-state index is 12.1. The predicted molar refractivity (Wildman–Crippen MR) is 84.8 cm³/mol. The first-order valence-electron chi connectivity index (χ1n) is 7.50. The molecular formula is C15H16N6O4. The minimum atomic E-state index is -1.21. The number of β-amino-alcohol motifs (C(OH)–C–C–N with tert-alkyl or cyclic N) is 1. The van der Waals surface area contributed by atoms with Crippen LogP contribution in [0.2, 0.25) is 0 Å². The van der Waals surface area contributed by atoms with Crippen molar-refractivity contribution in [3.63, 3.8) is 0 Å². The molecule has 0 spiro atoms. The van der Waals surface area contributed by atoms with Gasteiger partial charge in [-0.1, -0.05) is 0 Å². The average Bonchev–Trinajstić information content (AvgIpc) is 2.57. The van der Waals surface area contributed by atoms with Gasteiger partial charge in [-0.25, -0.2) is 15.0 Å². The third kappa shape index (κ3) is 3.69.